The molecule has 0 bridgehead atoms. The van der Waals surface area contributed by atoms with Crippen molar-refractivity contribution in [2.45, 2.75) is 19.4 Å². The summed E-state index contributed by atoms with van der Waals surface area (Å²) in [6.45, 7) is 2.87. The minimum absolute atomic E-state index is 0.155. The molecule has 0 aliphatic heterocycles. The number of thiophene rings is 1. The van der Waals surface area contributed by atoms with E-state index in [1.54, 1.807) is 11.3 Å². The highest BCUT2D eigenvalue weighted by atomic mass is 79.9. The van der Waals surface area contributed by atoms with Crippen LogP contribution >= 0.6 is 27.3 Å². The van der Waals surface area contributed by atoms with Gasteiger partial charge in [-0.3, -0.25) is 0 Å². The van der Waals surface area contributed by atoms with E-state index >= 15 is 0 Å². The predicted octanol–water partition coefficient (Wildman–Crippen LogP) is 4.61. The molecule has 0 aliphatic carbocycles. The van der Waals surface area contributed by atoms with Crippen LogP contribution in [-0.2, 0) is 0 Å². The molecule has 0 fully saturated rings. The molecule has 102 valence electrons. The third-order valence-corrected chi connectivity index (χ3v) is 4.82. The maximum Gasteiger partial charge on any atom is 0.124 e. The minimum atomic E-state index is 0.155. The Morgan fingerprint density at radius 3 is 2.74 bits per heavy atom. The number of rotatable bonds is 6. The van der Waals surface area contributed by atoms with Crippen LogP contribution < -0.4 is 10.1 Å². The van der Waals surface area contributed by atoms with Gasteiger partial charge in [-0.2, -0.15) is 0 Å². The second kappa shape index (κ2) is 7.08. The van der Waals surface area contributed by atoms with E-state index in [1.165, 1.54) is 10.4 Å². The molecule has 1 N–H and O–H groups in total. The van der Waals surface area contributed by atoms with Crippen LogP contribution in [0.4, 0.5) is 0 Å². The summed E-state index contributed by atoms with van der Waals surface area (Å²) < 4.78 is 7.00. The fourth-order valence-electron chi connectivity index (χ4n) is 2.00. The van der Waals surface area contributed by atoms with E-state index in [0.717, 1.165) is 23.2 Å². The number of hydrogen-bond donors (Lipinski definition) is 1. The van der Waals surface area contributed by atoms with Gasteiger partial charge in [0.1, 0.15) is 5.75 Å². The Kier molecular flexibility index (Phi) is 5.43. The third kappa shape index (κ3) is 3.38. The summed E-state index contributed by atoms with van der Waals surface area (Å²) in [5, 5.41) is 5.48. The molecule has 1 atom stereocenters. The first-order valence-electron chi connectivity index (χ1n) is 6.39. The lowest BCUT2D eigenvalue weighted by molar-refractivity contribution is 0.312. The predicted molar refractivity (Wildman–Crippen MR) is 85.1 cm³/mol. The second-order valence-electron chi connectivity index (χ2n) is 4.24. The van der Waals surface area contributed by atoms with Crippen molar-refractivity contribution in [3.63, 3.8) is 0 Å². The molecule has 0 saturated heterocycles. The lowest BCUT2D eigenvalue weighted by Gasteiger charge is -2.19. The van der Waals surface area contributed by atoms with Gasteiger partial charge in [-0.25, -0.2) is 0 Å². The maximum absolute atomic E-state index is 5.86. The van der Waals surface area contributed by atoms with E-state index in [1.807, 2.05) is 19.2 Å². The molecule has 1 aromatic carbocycles. The first-order chi connectivity index (χ1) is 9.27. The topological polar surface area (TPSA) is 21.3 Å². The Labute approximate surface area is 126 Å². The van der Waals surface area contributed by atoms with E-state index in [2.05, 4.69) is 51.7 Å². The highest BCUT2D eigenvalue weighted by Gasteiger charge is 2.19. The van der Waals surface area contributed by atoms with Crippen LogP contribution in [0.15, 0.2) is 40.2 Å². The normalized spacial score (nSPS) is 12.4. The summed E-state index contributed by atoms with van der Waals surface area (Å²) in [7, 11) is 1.98. The first kappa shape index (κ1) is 14.6. The van der Waals surface area contributed by atoms with E-state index in [4.69, 9.17) is 4.74 Å². The molecule has 19 heavy (non-hydrogen) atoms. The molecular formula is C15H18BrNOS. The second-order valence-corrected chi connectivity index (χ2v) is 6.04. The summed E-state index contributed by atoms with van der Waals surface area (Å²) in [4.78, 5) is 1.27. The molecule has 0 radical (unpaired) electrons. The molecule has 4 heteroatoms. The zero-order valence-electron chi connectivity index (χ0n) is 11.2. The molecule has 0 spiro atoms. The van der Waals surface area contributed by atoms with Crippen molar-refractivity contribution in [1.29, 1.82) is 0 Å². The highest BCUT2D eigenvalue weighted by Crippen LogP contribution is 2.36. The van der Waals surface area contributed by atoms with Crippen LogP contribution in [0.1, 0.15) is 29.8 Å². The number of halogens is 1. The lowest BCUT2D eigenvalue weighted by atomic mass is 10.0. The van der Waals surface area contributed by atoms with Crippen molar-refractivity contribution in [2.24, 2.45) is 0 Å². The van der Waals surface area contributed by atoms with Crippen molar-refractivity contribution in [1.82, 2.24) is 5.32 Å². The number of hydrogen-bond acceptors (Lipinski definition) is 3. The number of benzene rings is 1. The fraction of sp³-hybridized carbons (Fsp3) is 0.333. The minimum Gasteiger partial charge on any atom is -0.493 e. The van der Waals surface area contributed by atoms with Crippen LogP contribution in [0, 0.1) is 0 Å². The zero-order valence-corrected chi connectivity index (χ0v) is 13.6. The van der Waals surface area contributed by atoms with Crippen molar-refractivity contribution in [3.8, 4) is 5.75 Å². The van der Waals surface area contributed by atoms with Gasteiger partial charge in [0.05, 0.1) is 12.6 Å². The summed E-state index contributed by atoms with van der Waals surface area (Å²) >= 11 is 5.36. The Morgan fingerprint density at radius 2 is 2.11 bits per heavy atom. The molecule has 1 aromatic heterocycles. The Balaban J connectivity index is 2.35. The number of para-hydroxylation sites is 1. The van der Waals surface area contributed by atoms with Crippen LogP contribution in [0.5, 0.6) is 5.75 Å². The van der Waals surface area contributed by atoms with E-state index in [9.17, 15) is 0 Å². The van der Waals surface area contributed by atoms with Gasteiger partial charge in [-0.1, -0.05) is 25.1 Å². The van der Waals surface area contributed by atoms with E-state index in [-0.39, 0.29) is 6.04 Å². The molecule has 1 heterocycles. The smallest absolute Gasteiger partial charge is 0.124 e. The van der Waals surface area contributed by atoms with Crippen molar-refractivity contribution in [2.75, 3.05) is 13.7 Å². The lowest BCUT2D eigenvalue weighted by Crippen LogP contribution is -2.18. The molecule has 0 aliphatic rings. The molecule has 0 amide bonds. The quantitative estimate of drug-likeness (QED) is 0.829. The maximum atomic E-state index is 5.86. The van der Waals surface area contributed by atoms with Crippen LogP contribution in [0.2, 0.25) is 0 Å². The largest absolute Gasteiger partial charge is 0.493 e. The van der Waals surface area contributed by atoms with Crippen LogP contribution in [-0.4, -0.2) is 13.7 Å². The fourth-order valence-corrected chi connectivity index (χ4v) is 3.73. The average molecular weight is 340 g/mol. The van der Waals surface area contributed by atoms with Crippen molar-refractivity contribution in [3.05, 3.63) is 50.6 Å². The molecular weight excluding hydrogens is 322 g/mol. The summed E-state index contributed by atoms with van der Waals surface area (Å²) in [6.07, 6.45) is 1.02. The van der Waals surface area contributed by atoms with Gasteiger partial charge in [0.2, 0.25) is 0 Å². The standard InChI is InChI=1S/C15H18BrNOS/c1-3-9-18-13-7-5-4-6-11(13)14(17-2)15-12(16)8-10-19-15/h4-8,10,14,17H,3,9H2,1-2H3. The van der Waals surface area contributed by atoms with Crippen molar-refractivity contribution >= 4 is 27.3 Å². The summed E-state index contributed by atoms with van der Waals surface area (Å²) in [5.41, 5.74) is 1.18. The van der Waals surface area contributed by atoms with E-state index in [0.29, 0.717) is 0 Å². The van der Waals surface area contributed by atoms with Gasteiger partial charge in [0.25, 0.3) is 0 Å². The van der Waals surface area contributed by atoms with E-state index < -0.39 is 0 Å². The molecule has 2 nitrogen and oxygen atoms in total. The van der Waals surface area contributed by atoms with Gasteiger partial charge < -0.3 is 10.1 Å². The average Bonchev–Trinajstić information content (AvgIpc) is 2.85. The molecule has 0 saturated carbocycles. The van der Waals surface area contributed by atoms with Gasteiger partial charge in [-0.15, -0.1) is 11.3 Å². The van der Waals surface area contributed by atoms with Gasteiger partial charge in [0, 0.05) is 14.9 Å². The molecule has 2 rings (SSSR count). The highest BCUT2D eigenvalue weighted by molar-refractivity contribution is 9.10. The zero-order chi connectivity index (χ0) is 13.7. The Morgan fingerprint density at radius 1 is 1.32 bits per heavy atom. The number of ether oxygens (including phenoxy) is 1. The number of nitrogens with one attached hydrogen (secondary N) is 1. The van der Waals surface area contributed by atoms with Gasteiger partial charge in [-0.05, 0) is 46.9 Å². The Hall–Kier alpha value is -0.840. The Bertz CT molecular complexity index is 526. The monoisotopic (exact) mass is 339 g/mol. The molecule has 2 aromatic rings. The van der Waals surface area contributed by atoms with Gasteiger partial charge >= 0.3 is 0 Å². The van der Waals surface area contributed by atoms with Crippen LogP contribution in [0.25, 0.3) is 0 Å². The van der Waals surface area contributed by atoms with Crippen LogP contribution in [0.3, 0.4) is 0 Å². The van der Waals surface area contributed by atoms with Gasteiger partial charge in [0.15, 0.2) is 0 Å². The van der Waals surface area contributed by atoms with Crippen molar-refractivity contribution < 1.29 is 4.74 Å². The SMILES string of the molecule is CCCOc1ccccc1C(NC)c1sccc1Br. The first-order valence-corrected chi connectivity index (χ1v) is 8.07. The molecule has 1 unspecified atom stereocenters. The summed E-state index contributed by atoms with van der Waals surface area (Å²) in [5.74, 6) is 0.962. The summed E-state index contributed by atoms with van der Waals surface area (Å²) in [6, 6.07) is 10.5. The third-order valence-electron chi connectivity index (χ3n) is 2.89.